The molecule has 0 saturated carbocycles. The number of aromatic nitrogens is 1. The fourth-order valence-electron chi connectivity index (χ4n) is 2.00. The number of rotatable bonds is 5. The molecule has 1 heterocycles. The third kappa shape index (κ3) is 3.02. The Balaban J connectivity index is 2.23. The Morgan fingerprint density at radius 1 is 1.17 bits per heavy atom. The summed E-state index contributed by atoms with van der Waals surface area (Å²) >= 11 is 5.97. The Labute approximate surface area is 113 Å². The zero-order valence-corrected chi connectivity index (χ0v) is 11.3. The van der Waals surface area contributed by atoms with Crippen LogP contribution in [0.3, 0.4) is 0 Å². The second kappa shape index (κ2) is 6.41. The van der Waals surface area contributed by atoms with Crippen molar-refractivity contribution in [3.63, 3.8) is 0 Å². The molecule has 0 amide bonds. The van der Waals surface area contributed by atoms with Gasteiger partial charge in [0.1, 0.15) is 0 Å². The van der Waals surface area contributed by atoms with Crippen molar-refractivity contribution in [1.29, 1.82) is 0 Å². The van der Waals surface area contributed by atoms with Gasteiger partial charge in [-0.05, 0) is 18.6 Å². The predicted octanol–water partition coefficient (Wildman–Crippen LogP) is 3.85. The Kier molecular flexibility index (Phi) is 4.59. The number of hydrogen-bond donors (Lipinski definition) is 0. The average Bonchev–Trinajstić information content (AvgIpc) is 2.46. The average molecular weight is 261 g/mol. The van der Waals surface area contributed by atoms with Gasteiger partial charge in [0.15, 0.2) is 0 Å². The summed E-state index contributed by atoms with van der Waals surface area (Å²) in [6.07, 6.45) is 3.66. The number of nitrogens with zero attached hydrogens (tertiary/aromatic N) is 2. The van der Waals surface area contributed by atoms with Crippen molar-refractivity contribution >= 4 is 17.3 Å². The van der Waals surface area contributed by atoms with Crippen LogP contribution in [0.2, 0.25) is 0 Å². The Hall–Kier alpha value is -1.54. The Bertz CT molecular complexity index is 485. The first-order valence-corrected chi connectivity index (χ1v) is 6.66. The molecule has 2 aromatic rings. The lowest BCUT2D eigenvalue weighted by Gasteiger charge is -2.25. The maximum absolute atomic E-state index is 5.97. The zero-order valence-electron chi connectivity index (χ0n) is 10.5. The summed E-state index contributed by atoms with van der Waals surface area (Å²) < 4.78 is 0. The Morgan fingerprint density at radius 2 is 1.94 bits per heavy atom. The lowest BCUT2D eigenvalue weighted by Crippen LogP contribution is -2.23. The Morgan fingerprint density at radius 3 is 2.61 bits per heavy atom. The molecular weight excluding hydrogens is 244 g/mol. The summed E-state index contributed by atoms with van der Waals surface area (Å²) in [5.41, 5.74) is 3.56. The van der Waals surface area contributed by atoms with Gasteiger partial charge in [-0.2, -0.15) is 0 Å². The molecule has 3 heteroatoms. The highest BCUT2D eigenvalue weighted by atomic mass is 35.5. The van der Waals surface area contributed by atoms with Crippen LogP contribution >= 0.6 is 11.6 Å². The molecule has 2 nitrogen and oxygen atoms in total. The summed E-state index contributed by atoms with van der Waals surface area (Å²) in [4.78, 5) is 6.44. The van der Waals surface area contributed by atoms with Gasteiger partial charge in [-0.15, -0.1) is 11.6 Å². The standard InChI is InChI=1S/C15H17ClN2/c1-2-18(12-13-6-4-3-5-7-13)15-8-9-17-11-14(15)10-16/h3-9,11H,2,10,12H2,1H3. The lowest BCUT2D eigenvalue weighted by molar-refractivity contribution is 0.825. The van der Waals surface area contributed by atoms with Gasteiger partial charge in [-0.1, -0.05) is 30.3 Å². The van der Waals surface area contributed by atoms with Crippen LogP contribution in [0.25, 0.3) is 0 Å². The van der Waals surface area contributed by atoms with Crippen molar-refractivity contribution in [1.82, 2.24) is 4.98 Å². The van der Waals surface area contributed by atoms with E-state index in [1.54, 1.807) is 0 Å². The highest BCUT2D eigenvalue weighted by Crippen LogP contribution is 2.22. The molecule has 0 bridgehead atoms. The summed E-state index contributed by atoms with van der Waals surface area (Å²) in [6, 6.07) is 12.5. The maximum Gasteiger partial charge on any atom is 0.0509 e. The van der Waals surface area contributed by atoms with Crippen molar-refractivity contribution < 1.29 is 0 Å². The van der Waals surface area contributed by atoms with Gasteiger partial charge in [-0.3, -0.25) is 4.98 Å². The fraction of sp³-hybridized carbons (Fsp3) is 0.267. The van der Waals surface area contributed by atoms with Gasteiger partial charge < -0.3 is 4.90 Å². The molecular formula is C15H17ClN2. The van der Waals surface area contributed by atoms with Crippen molar-refractivity contribution in [2.45, 2.75) is 19.3 Å². The number of hydrogen-bond acceptors (Lipinski definition) is 2. The highest BCUT2D eigenvalue weighted by molar-refractivity contribution is 6.17. The fourth-order valence-corrected chi connectivity index (χ4v) is 2.21. The first kappa shape index (κ1) is 12.9. The van der Waals surface area contributed by atoms with E-state index in [-0.39, 0.29) is 0 Å². The third-order valence-corrected chi connectivity index (χ3v) is 3.25. The molecule has 0 aliphatic heterocycles. The van der Waals surface area contributed by atoms with E-state index in [1.165, 1.54) is 11.3 Å². The minimum absolute atomic E-state index is 0.495. The van der Waals surface area contributed by atoms with E-state index in [1.807, 2.05) is 24.5 Å². The minimum atomic E-state index is 0.495. The summed E-state index contributed by atoms with van der Waals surface area (Å²) in [5.74, 6) is 0.495. The van der Waals surface area contributed by atoms with Crippen molar-refractivity contribution in [2.24, 2.45) is 0 Å². The summed E-state index contributed by atoms with van der Waals surface area (Å²) in [6.45, 7) is 4.00. The molecule has 0 aliphatic rings. The van der Waals surface area contributed by atoms with Crippen LogP contribution in [0, 0.1) is 0 Å². The molecule has 0 spiro atoms. The molecule has 18 heavy (non-hydrogen) atoms. The first-order valence-electron chi connectivity index (χ1n) is 6.13. The zero-order chi connectivity index (χ0) is 12.8. The number of pyridine rings is 1. The van der Waals surface area contributed by atoms with Gasteiger partial charge >= 0.3 is 0 Å². The van der Waals surface area contributed by atoms with Crippen LogP contribution in [0.15, 0.2) is 48.8 Å². The topological polar surface area (TPSA) is 16.1 Å². The lowest BCUT2D eigenvalue weighted by atomic mass is 10.1. The second-order valence-electron chi connectivity index (χ2n) is 4.14. The van der Waals surface area contributed by atoms with Gasteiger partial charge in [0.2, 0.25) is 0 Å². The van der Waals surface area contributed by atoms with Crippen molar-refractivity contribution in [2.75, 3.05) is 11.4 Å². The van der Waals surface area contributed by atoms with Crippen LogP contribution in [0.5, 0.6) is 0 Å². The highest BCUT2D eigenvalue weighted by Gasteiger charge is 2.09. The first-order chi connectivity index (χ1) is 8.85. The van der Waals surface area contributed by atoms with Crippen molar-refractivity contribution in [3.8, 4) is 0 Å². The molecule has 0 saturated heterocycles. The van der Waals surface area contributed by atoms with Crippen LogP contribution in [-0.4, -0.2) is 11.5 Å². The molecule has 0 N–H and O–H groups in total. The van der Waals surface area contributed by atoms with Crippen molar-refractivity contribution in [3.05, 3.63) is 59.9 Å². The molecule has 1 aromatic heterocycles. The summed E-state index contributed by atoms with van der Waals surface area (Å²) in [5, 5.41) is 0. The summed E-state index contributed by atoms with van der Waals surface area (Å²) in [7, 11) is 0. The molecule has 0 atom stereocenters. The molecule has 1 aromatic carbocycles. The normalized spacial score (nSPS) is 10.3. The second-order valence-corrected chi connectivity index (χ2v) is 4.41. The number of halogens is 1. The van der Waals surface area contributed by atoms with Gasteiger partial charge in [0.05, 0.1) is 5.88 Å². The van der Waals surface area contributed by atoms with E-state index in [9.17, 15) is 0 Å². The number of alkyl halides is 1. The van der Waals surface area contributed by atoms with Crippen LogP contribution < -0.4 is 4.90 Å². The molecule has 0 radical (unpaired) electrons. The van der Waals surface area contributed by atoms with E-state index in [4.69, 9.17) is 11.6 Å². The predicted molar refractivity (Wildman–Crippen MR) is 77.0 cm³/mol. The van der Waals surface area contributed by atoms with E-state index in [0.717, 1.165) is 18.7 Å². The van der Waals surface area contributed by atoms with Crippen LogP contribution in [0.1, 0.15) is 18.1 Å². The van der Waals surface area contributed by atoms with Crippen LogP contribution in [-0.2, 0) is 12.4 Å². The largest absolute Gasteiger partial charge is 0.367 e. The number of anilines is 1. The third-order valence-electron chi connectivity index (χ3n) is 2.96. The smallest absolute Gasteiger partial charge is 0.0509 e. The molecule has 0 unspecified atom stereocenters. The monoisotopic (exact) mass is 260 g/mol. The maximum atomic E-state index is 5.97. The van der Waals surface area contributed by atoms with E-state index in [0.29, 0.717) is 5.88 Å². The quantitative estimate of drug-likeness (QED) is 0.760. The van der Waals surface area contributed by atoms with Gasteiger partial charge in [0.25, 0.3) is 0 Å². The van der Waals surface area contributed by atoms with Crippen LogP contribution in [0.4, 0.5) is 5.69 Å². The van der Waals surface area contributed by atoms with Gasteiger partial charge in [0, 0.05) is 36.7 Å². The van der Waals surface area contributed by atoms with E-state index >= 15 is 0 Å². The number of benzene rings is 1. The SMILES string of the molecule is CCN(Cc1ccccc1)c1ccncc1CCl. The minimum Gasteiger partial charge on any atom is -0.367 e. The van der Waals surface area contributed by atoms with Gasteiger partial charge in [-0.25, -0.2) is 0 Å². The molecule has 94 valence electrons. The van der Waals surface area contributed by atoms with E-state index < -0.39 is 0 Å². The molecule has 0 aliphatic carbocycles. The van der Waals surface area contributed by atoms with E-state index in [2.05, 4.69) is 41.1 Å². The molecule has 0 fully saturated rings. The molecule has 2 rings (SSSR count).